The number of amides is 1. The van der Waals surface area contributed by atoms with Gasteiger partial charge in [0.15, 0.2) is 5.11 Å². The van der Waals surface area contributed by atoms with Gasteiger partial charge in [-0.3, -0.25) is 4.79 Å². The Labute approximate surface area is 114 Å². The maximum Gasteiger partial charge on any atom is 0.229 e. The summed E-state index contributed by atoms with van der Waals surface area (Å²) in [5, 5.41) is 6.57. The molecular formula is C11H10Cl2N2OS. The number of nitrogens with one attached hydrogen (secondary N) is 2. The van der Waals surface area contributed by atoms with E-state index in [1.807, 2.05) is 0 Å². The van der Waals surface area contributed by atoms with Crippen molar-refractivity contribution < 1.29 is 4.79 Å². The molecule has 2 N–H and O–H groups in total. The van der Waals surface area contributed by atoms with Crippen LogP contribution in [0.5, 0.6) is 0 Å². The lowest BCUT2D eigenvalue weighted by molar-refractivity contribution is -0.120. The molecular weight excluding hydrogens is 279 g/mol. The van der Waals surface area contributed by atoms with Crippen molar-refractivity contribution >= 4 is 52.1 Å². The Hall–Kier alpha value is -0.840. The van der Waals surface area contributed by atoms with Gasteiger partial charge in [0.1, 0.15) is 0 Å². The fraction of sp³-hybridized carbons (Fsp3) is 0.273. The maximum absolute atomic E-state index is 11.5. The van der Waals surface area contributed by atoms with Crippen molar-refractivity contribution in [3.05, 3.63) is 28.2 Å². The third kappa shape index (κ3) is 3.31. The van der Waals surface area contributed by atoms with Gasteiger partial charge >= 0.3 is 0 Å². The molecule has 0 aromatic heterocycles. The number of hydrogen-bond acceptors (Lipinski definition) is 2. The summed E-state index contributed by atoms with van der Waals surface area (Å²) in [5.41, 5.74) is 0.511. The topological polar surface area (TPSA) is 41.1 Å². The molecule has 3 nitrogen and oxygen atoms in total. The van der Waals surface area contributed by atoms with Crippen LogP contribution in [-0.4, -0.2) is 11.0 Å². The standard InChI is InChI=1S/C11H10Cl2N2OS/c12-7-2-1-3-8(13)9(7)14-11(17)15-10(16)6-4-5-6/h1-3,6H,4-5H2,(H2,14,15,16,17). The average molecular weight is 289 g/mol. The highest BCUT2D eigenvalue weighted by atomic mass is 35.5. The van der Waals surface area contributed by atoms with Crippen molar-refractivity contribution in [2.45, 2.75) is 12.8 Å². The van der Waals surface area contributed by atoms with Gasteiger partial charge < -0.3 is 10.6 Å². The second kappa shape index (κ2) is 5.21. The summed E-state index contributed by atoms with van der Waals surface area (Å²) >= 11 is 16.9. The molecule has 1 aromatic rings. The molecule has 0 bridgehead atoms. The summed E-state index contributed by atoms with van der Waals surface area (Å²) in [6.07, 6.45) is 1.86. The van der Waals surface area contributed by atoms with Crippen LogP contribution in [0.15, 0.2) is 18.2 Å². The van der Waals surface area contributed by atoms with E-state index in [2.05, 4.69) is 10.6 Å². The molecule has 1 saturated carbocycles. The number of benzene rings is 1. The zero-order valence-electron chi connectivity index (χ0n) is 8.80. The lowest BCUT2D eigenvalue weighted by atomic mass is 10.3. The molecule has 90 valence electrons. The van der Waals surface area contributed by atoms with Crippen LogP contribution in [0.1, 0.15) is 12.8 Å². The van der Waals surface area contributed by atoms with Crippen LogP contribution in [0.4, 0.5) is 5.69 Å². The molecule has 0 aliphatic heterocycles. The van der Waals surface area contributed by atoms with E-state index < -0.39 is 0 Å². The molecule has 0 radical (unpaired) electrons. The SMILES string of the molecule is O=C(NC(=S)Nc1c(Cl)cccc1Cl)C1CC1. The third-order valence-corrected chi connectivity index (χ3v) is 3.22. The summed E-state index contributed by atoms with van der Waals surface area (Å²) in [4.78, 5) is 11.5. The van der Waals surface area contributed by atoms with Crippen molar-refractivity contribution in [2.75, 3.05) is 5.32 Å². The maximum atomic E-state index is 11.5. The fourth-order valence-corrected chi connectivity index (χ4v) is 2.02. The van der Waals surface area contributed by atoms with E-state index in [1.165, 1.54) is 0 Å². The van der Waals surface area contributed by atoms with Crippen LogP contribution in [0.25, 0.3) is 0 Å². The molecule has 1 fully saturated rings. The first-order chi connectivity index (χ1) is 8.08. The van der Waals surface area contributed by atoms with Crippen LogP contribution >= 0.6 is 35.4 Å². The first kappa shape index (κ1) is 12.6. The molecule has 17 heavy (non-hydrogen) atoms. The lowest BCUT2D eigenvalue weighted by Gasteiger charge is -2.11. The van der Waals surface area contributed by atoms with E-state index >= 15 is 0 Å². The smallest absolute Gasteiger partial charge is 0.229 e. The number of anilines is 1. The van der Waals surface area contributed by atoms with Crippen LogP contribution in [0.3, 0.4) is 0 Å². The molecule has 0 heterocycles. The number of para-hydroxylation sites is 1. The summed E-state index contributed by atoms with van der Waals surface area (Å²) in [6, 6.07) is 5.13. The van der Waals surface area contributed by atoms with E-state index in [9.17, 15) is 4.79 Å². The lowest BCUT2D eigenvalue weighted by Crippen LogP contribution is -2.35. The van der Waals surface area contributed by atoms with Crippen molar-refractivity contribution in [1.82, 2.24) is 5.32 Å². The molecule has 1 aliphatic rings. The predicted octanol–water partition coefficient (Wildman–Crippen LogP) is 3.22. The highest BCUT2D eigenvalue weighted by molar-refractivity contribution is 7.80. The van der Waals surface area contributed by atoms with Gasteiger partial charge in [-0.2, -0.15) is 0 Å². The summed E-state index contributed by atoms with van der Waals surface area (Å²) in [7, 11) is 0. The highest BCUT2D eigenvalue weighted by Crippen LogP contribution is 2.30. The van der Waals surface area contributed by atoms with E-state index in [0.29, 0.717) is 15.7 Å². The fourth-order valence-electron chi connectivity index (χ4n) is 1.32. The number of halogens is 2. The van der Waals surface area contributed by atoms with Gasteiger partial charge in [-0.05, 0) is 37.2 Å². The van der Waals surface area contributed by atoms with Gasteiger partial charge in [-0.15, -0.1) is 0 Å². The zero-order chi connectivity index (χ0) is 12.4. The quantitative estimate of drug-likeness (QED) is 0.821. The van der Waals surface area contributed by atoms with E-state index in [1.54, 1.807) is 18.2 Å². The average Bonchev–Trinajstić information content (AvgIpc) is 3.07. The summed E-state index contributed by atoms with van der Waals surface area (Å²) < 4.78 is 0. The second-order valence-electron chi connectivity index (χ2n) is 3.81. The molecule has 6 heteroatoms. The number of carbonyl (C=O) groups excluding carboxylic acids is 1. The Balaban J connectivity index is 2.00. The van der Waals surface area contributed by atoms with Crippen molar-refractivity contribution in [3.63, 3.8) is 0 Å². The van der Waals surface area contributed by atoms with Crippen molar-refractivity contribution in [3.8, 4) is 0 Å². The highest BCUT2D eigenvalue weighted by Gasteiger charge is 2.30. The minimum Gasteiger partial charge on any atom is -0.330 e. The van der Waals surface area contributed by atoms with Gasteiger partial charge in [0.25, 0.3) is 0 Å². The monoisotopic (exact) mass is 288 g/mol. The van der Waals surface area contributed by atoms with Crippen molar-refractivity contribution in [2.24, 2.45) is 5.92 Å². The summed E-state index contributed by atoms with van der Waals surface area (Å²) in [5.74, 6) is 0.0575. The van der Waals surface area contributed by atoms with Crippen LogP contribution in [0, 0.1) is 5.92 Å². The van der Waals surface area contributed by atoms with E-state index in [0.717, 1.165) is 12.8 Å². The summed E-state index contributed by atoms with van der Waals surface area (Å²) in [6.45, 7) is 0. The Morgan fingerprint density at radius 3 is 2.41 bits per heavy atom. The number of thiocarbonyl (C=S) groups is 1. The Morgan fingerprint density at radius 2 is 1.88 bits per heavy atom. The van der Waals surface area contributed by atoms with Crippen LogP contribution in [0.2, 0.25) is 10.0 Å². The third-order valence-electron chi connectivity index (χ3n) is 2.39. The van der Waals surface area contributed by atoms with Gasteiger partial charge in [0, 0.05) is 5.92 Å². The van der Waals surface area contributed by atoms with Gasteiger partial charge in [-0.25, -0.2) is 0 Å². The molecule has 1 aromatic carbocycles. The second-order valence-corrected chi connectivity index (χ2v) is 5.04. The molecule has 1 aliphatic carbocycles. The largest absolute Gasteiger partial charge is 0.330 e. The molecule has 1 amide bonds. The molecule has 0 saturated heterocycles. The minimum absolute atomic E-state index is 0.0503. The Morgan fingerprint density at radius 1 is 1.29 bits per heavy atom. The number of rotatable bonds is 2. The first-order valence-electron chi connectivity index (χ1n) is 5.14. The number of carbonyl (C=O) groups is 1. The number of hydrogen-bond donors (Lipinski definition) is 2. The van der Waals surface area contributed by atoms with Gasteiger partial charge in [0.05, 0.1) is 15.7 Å². The van der Waals surface area contributed by atoms with E-state index in [4.69, 9.17) is 35.4 Å². The van der Waals surface area contributed by atoms with Crippen LogP contribution in [-0.2, 0) is 4.79 Å². The van der Waals surface area contributed by atoms with Crippen molar-refractivity contribution in [1.29, 1.82) is 0 Å². The zero-order valence-corrected chi connectivity index (χ0v) is 11.1. The van der Waals surface area contributed by atoms with Crippen LogP contribution < -0.4 is 10.6 Å². The molecule has 2 rings (SSSR count). The predicted molar refractivity (Wildman–Crippen MR) is 73.5 cm³/mol. The van der Waals surface area contributed by atoms with E-state index in [-0.39, 0.29) is 16.9 Å². The van der Waals surface area contributed by atoms with Gasteiger partial charge in [0.2, 0.25) is 5.91 Å². The molecule has 0 unspecified atom stereocenters. The minimum atomic E-state index is -0.0503. The Kier molecular flexibility index (Phi) is 3.86. The first-order valence-corrected chi connectivity index (χ1v) is 6.30. The normalized spacial score (nSPS) is 14.2. The molecule has 0 atom stereocenters. The Bertz CT molecular complexity index is 454. The van der Waals surface area contributed by atoms with Gasteiger partial charge in [-0.1, -0.05) is 29.3 Å². The molecule has 0 spiro atoms.